The van der Waals surface area contributed by atoms with Crippen molar-refractivity contribution in [2.45, 2.75) is 20.4 Å². The molecule has 0 N–H and O–H groups in total. The second-order valence-electron chi connectivity index (χ2n) is 6.33. The Labute approximate surface area is 162 Å². The Morgan fingerprint density at radius 2 is 2.04 bits per heavy atom. The van der Waals surface area contributed by atoms with E-state index < -0.39 is 0 Å². The molecule has 0 unspecified atom stereocenters. The number of nitrogens with zero attached hydrogens (tertiary/aromatic N) is 5. The molecule has 138 valence electrons. The molecule has 8 heteroatoms. The Kier molecular flexibility index (Phi) is 5.60. The van der Waals surface area contributed by atoms with E-state index in [9.17, 15) is 4.79 Å². The normalized spacial score (nSPS) is 11.5. The van der Waals surface area contributed by atoms with Gasteiger partial charge in [-0.1, -0.05) is 22.9 Å². The van der Waals surface area contributed by atoms with Gasteiger partial charge in [0.25, 0.3) is 5.91 Å². The van der Waals surface area contributed by atoms with Crippen LogP contribution in [-0.2, 0) is 6.54 Å². The van der Waals surface area contributed by atoms with Gasteiger partial charge in [-0.15, -0.1) is 0 Å². The Balaban J connectivity index is 2.00. The first-order chi connectivity index (χ1) is 12.4. The summed E-state index contributed by atoms with van der Waals surface area (Å²) in [4.78, 5) is 21.5. The second kappa shape index (κ2) is 7.73. The largest absolute Gasteiger partial charge is 0.308 e. The maximum Gasteiger partial charge on any atom is 0.280 e. The summed E-state index contributed by atoms with van der Waals surface area (Å²) >= 11 is 7.72. The molecule has 3 rings (SSSR count). The molecular weight excluding hydrogens is 370 g/mol. The molecule has 2 heterocycles. The zero-order valence-corrected chi connectivity index (χ0v) is 16.9. The summed E-state index contributed by atoms with van der Waals surface area (Å²) in [5, 5.41) is 5.71. The van der Waals surface area contributed by atoms with Crippen LogP contribution < -0.4 is 4.90 Å². The van der Waals surface area contributed by atoms with E-state index >= 15 is 0 Å². The lowest BCUT2D eigenvalue weighted by molar-refractivity contribution is 0.0979. The fourth-order valence-corrected chi connectivity index (χ4v) is 3.78. The summed E-state index contributed by atoms with van der Waals surface area (Å²) in [5.74, 6) is -0.137. The predicted molar refractivity (Wildman–Crippen MR) is 107 cm³/mol. The molecule has 2 aromatic heterocycles. The van der Waals surface area contributed by atoms with Gasteiger partial charge in [0, 0.05) is 30.9 Å². The average molecular weight is 392 g/mol. The molecule has 6 nitrogen and oxygen atoms in total. The molecule has 26 heavy (non-hydrogen) atoms. The third-order valence-corrected chi connectivity index (χ3v) is 5.62. The summed E-state index contributed by atoms with van der Waals surface area (Å²) in [6.45, 7) is 5.94. The monoisotopic (exact) mass is 391 g/mol. The molecule has 0 spiro atoms. The number of fused-ring (bicyclic) bond motifs is 1. The maximum absolute atomic E-state index is 13.1. The van der Waals surface area contributed by atoms with Crippen molar-refractivity contribution in [2.24, 2.45) is 0 Å². The van der Waals surface area contributed by atoms with Crippen LogP contribution in [-0.4, -0.2) is 52.8 Å². The third kappa shape index (κ3) is 3.75. The molecule has 0 aliphatic rings. The maximum atomic E-state index is 13.1. The summed E-state index contributed by atoms with van der Waals surface area (Å²) in [5.41, 5.74) is 2.21. The third-order valence-electron chi connectivity index (χ3n) is 4.17. The summed E-state index contributed by atoms with van der Waals surface area (Å²) in [6.07, 6.45) is 1.82. The number of hydrogen-bond donors (Lipinski definition) is 0. The first kappa shape index (κ1) is 18.8. The van der Waals surface area contributed by atoms with Crippen molar-refractivity contribution >= 4 is 44.2 Å². The van der Waals surface area contributed by atoms with Crippen LogP contribution in [0.2, 0.25) is 5.02 Å². The first-order valence-electron chi connectivity index (χ1n) is 8.46. The van der Waals surface area contributed by atoms with Crippen LogP contribution in [0.1, 0.15) is 23.0 Å². The number of carbonyl (C=O) groups excluding carboxylic acids is 1. The minimum atomic E-state index is -0.137. The number of hydrogen-bond acceptors (Lipinski definition) is 5. The van der Waals surface area contributed by atoms with Crippen molar-refractivity contribution in [1.29, 1.82) is 0 Å². The quantitative estimate of drug-likeness (QED) is 0.643. The second-order valence-corrected chi connectivity index (χ2v) is 7.75. The fourth-order valence-electron chi connectivity index (χ4n) is 2.58. The molecule has 1 amide bonds. The van der Waals surface area contributed by atoms with E-state index in [2.05, 4.69) is 5.10 Å². The number of rotatable bonds is 6. The van der Waals surface area contributed by atoms with Crippen molar-refractivity contribution in [3.63, 3.8) is 0 Å². The Bertz CT molecular complexity index is 933. The van der Waals surface area contributed by atoms with E-state index in [1.54, 1.807) is 15.6 Å². The van der Waals surface area contributed by atoms with Gasteiger partial charge in [0.05, 0.1) is 10.2 Å². The zero-order valence-electron chi connectivity index (χ0n) is 15.4. The molecule has 0 atom stereocenters. The molecule has 0 aliphatic carbocycles. The number of halogens is 1. The topological polar surface area (TPSA) is 54.3 Å². The lowest BCUT2D eigenvalue weighted by atomic mass is 10.2. The van der Waals surface area contributed by atoms with Crippen LogP contribution in [0, 0.1) is 6.92 Å². The molecule has 0 aliphatic heterocycles. The lowest BCUT2D eigenvalue weighted by Gasteiger charge is -2.21. The lowest BCUT2D eigenvalue weighted by Crippen LogP contribution is -2.37. The first-order valence-corrected chi connectivity index (χ1v) is 9.65. The number of amides is 1. The highest BCUT2D eigenvalue weighted by molar-refractivity contribution is 7.22. The van der Waals surface area contributed by atoms with Gasteiger partial charge >= 0.3 is 0 Å². The molecular formula is C18H22ClN5OS. The minimum absolute atomic E-state index is 0.137. The van der Waals surface area contributed by atoms with Crippen molar-refractivity contribution in [3.05, 3.63) is 40.7 Å². The van der Waals surface area contributed by atoms with E-state index in [1.807, 2.05) is 51.2 Å². The number of aromatic nitrogens is 3. The van der Waals surface area contributed by atoms with Gasteiger partial charge in [-0.3, -0.25) is 14.4 Å². The highest BCUT2D eigenvalue weighted by atomic mass is 35.5. The van der Waals surface area contributed by atoms with E-state index in [-0.39, 0.29) is 5.91 Å². The molecule has 3 aromatic rings. The minimum Gasteiger partial charge on any atom is -0.308 e. The number of thiazole rings is 1. The molecule has 0 saturated carbocycles. The summed E-state index contributed by atoms with van der Waals surface area (Å²) in [6, 6.07) is 5.58. The number of anilines is 1. The Morgan fingerprint density at radius 1 is 1.27 bits per heavy atom. The SMILES string of the molecule is CCn1ccc(C(=O)N(CCN(C)C)c2nc3c(C)c(Cl)ccc3s2)n1. The zero-order chi connectivity index (χ0) is 18.8. The van der Waals surface area contributed by atoms with Gasteiger partial charge in [-0.25, -0.2) is 4.98 Å². The van der Waals surface area contributed by atoms with E-state index in [0.29, 0.717) is 22.4 Å². The average Bonchev–Trinajstić information content (AvgIpc) is 3.25. The van der Waals surface area contributed by atoms with Gasteiger partial charge < -0.3 is 4.90 Å². The van der Waals surface area contributed by atoms with Gasteiger partial charge in [0.2, 0.25) is 0 Å². The number of aryl methyl sites for hydroxylation is 2. The van der Waals surface area contributed by atoms with Gasteiger partial charge in [0.1, 0.15) is 0 Å². The van der Waals surface area contributed by atoms with E-state index in [0.717, 1.165) is 28.9 Å². The fraction of sp³-hybridized carbons (Fsp3) is 0.389. The van der Waals surface area contributed by atoms with Crippen molar-refractivity contribution < 1.29 is 4.79 Å². The standard InChI is InChI=1S/C18H22ClN5OS/c1-5-23-9-8-14(21-23)17(25)24(11-10-22(3)4)18-20-16-12(2)13(19)6-7-15(16)26-18/h6-9H,5,10-11H2,1-4H3. The van der Waals surface area contributed by atoms with Crippen LogP contribution in [0.3, 0.4) is 0 Å². The van der Waals surface area contributed by atoms with Gasteiger partial charge in [-0.2, -0.15) is 5.10 Å². The predicted octanol–water partition coefficient (Wildman–Crippen LogP) is 3.68. The van der Waals surface area contributed by atoms with Crippen molar-refractivity contribution in [1.82, 2.24) is 19.7 Å². The molecule has 1 aromatic carbocycles. The number of benzene rings is 1. The molecule has 0 fully saturated rings. The van der Waals surface area contributed by atoms with Crippen LogP contribution >= 0.6 is 22.9 Å². The summed E-state index contributed by atoms with van der Waals surface area (Å²) in [7, 11) is 3.97. The van der Waals surface area contributed by atoms with Crippen LogP contribution in [0.5, 0.6) is 0 Å². The van der Waals surface area contributed by atoms with Gasteiger partial charge in [-0.05, 0) is 51.7 Å². The Morgan fingerprint density at radius 3 is 2.69 bits per heavy atom. The number of likely N-dealkylation sites (N-methyl/N-ethyl adjacent to an activating group) is 1. The van der Waals surface area contributed by atoms with Crippen LogP contribution in [0.4, 0.5) is 5.13 Å². The molecule has 0 bridgehead atoms. The van der Waals surface area contributed by atoms with Crippen molar-refractivity contribution in [2.75, 3.05) is 32.1 Å². The molecule has 0 saturated heterocycles. The highest BCUT2D eigenvalue weighted by Crippen LogP contribution is 2.34. The van der Waals surface area contributed by atoms with Crippen molar-refractivity contribution in [3.8, 4) is 0 Å². The summed E-state index contributed by atoms with van der Waals surface area (Å²) < 4.78 is 2.77. The van der Waals surface area contributed by atoms with E-state index in [4.69, 9.17) is 16.6 Å². The van der Waals surface area contributed by atoms with Gasteiger partial charge in [0.15, 0.2) is 10.8 Å². The van der Waals surface area contributed by atoms with Crippen LogP contribution in [0.25, 0.3) is 10.2 Å². The molecule has 0 radical (unpaired) electrons. The number of carbonyl (C=O) groups is 1. The smallest absolute Gasteiger partial charge is 0.280 e. The van der Waals surface area contributed by atoms with Crippen LogP contribution in [0.15, 0.2) is 24.4 Å². The highest BCUT2D eigenvalue weighted by Gasteiger charge is 2.23. The Hall–Kier alpha value is -1.96. The van der Waals surface area contributed by atoms with E-state index in [1.165, 1.54) is 11.3 Å².